The van der Waals surface area contributed by atoms with Crippen molar-refractivity contribution in [2.45, 2.75) is 5.92 Å². The molecule has 0 spiro atoms. The molecule has 2 aromatic rings. The minimum atomic E-state index is 0. The smallest absolute Gasteiger partial charge is 0.0180 e. The Morgan fingerprint density at radius 1 is 1.12 bits per heavy atom. The van der Waals surface area contributed by atoms with Crippen molar-refractivity contribution in [2.75, 3.05) is 0 Å². The van der Waals surface area contributed by atoms with Gasteiger partial charge in [0.1, 0.15) is 0 Å². The zero-order valence-corrected chi connectivity index (χ0v) is 10.1. The van der Waals surface area contributed by atoms with E-state index in [1.165, 1.54) is 0 Å². The molecule has 0 aliphatic heterocycles. The predicted molar refractivity (Wildman–Crippen MR) is 65.8 cm³/mol. The Balaban J connectivity index is 0.000000318. The Hall–Kier alpha value is -1.48. The molecule has 0 radical (unpaired) electrons. The molecule has 0 saturated carbocycles. The van der Waals surface area contributed by atoms with E-state index in [9.17, 15) is 0 Å². The van der Waals surface area contributed by atoms with Crippen molar-refractivity contribution in [3.8, 4) is 12.3 Å². The van der Waals surface area contributed by atoms with Gasteiger partial charge in [-0.15, -0.1) is 24.5 Å². The molecular formula is C15H14Fe-6. The molecule has 0 aliphatic rings. The maximum absolute atomic E-state index is 5.25. The summed E-state index contributed by atoms with van der Waals surface area (Å²) in [5.74, 6) is 2.71. The van der Waals surface area contributed by atoms with Gasteiger partial charge in [-0.3, -0.25) is 0 Å². The third kappa shape index (κ3) is 4.84. The molecule has 0 saturated heterocycles. The van der Waals surface area contributed by atoms with Crippen molar-refractivity contribution in [1.82, 2.24) is 0 Å². The van der Waals surface area contributed by atoms with Gasteiger partial charge < -0.3 is 30.3 Å². The van der Waals surface area contributed by atoms with Gasteiger partial charge in [0, 0.05) is 23.0 Å². The van der Waals surface area contributed by atoms with Crippen molar-refractivity contribution >= 4 is 0 Å². The van der Waals surface area contributed by atoms with Gasteiger partial charge in [-0.25, -0.2) is 12.1 Å². The molecular weight excluding hydrogens is 236 g/mol. The second-order valence-electron chi connectivity index (χ2n) is 3.06. The van der Waals surface area contributed by atoms with Crippen molar-refractivity contribution in [2.24, 2.45) is 0 Å². The quantitative estimate of drug-likeness (QED) is 0.330. The number of hydrogen-bond acceptors (Lipinski definition) is 0. The molecule has 0 aromatic heterocycles. The molecule has 0 heterocycles. The van der Waals surface area contributed by atoms with Crippen LogP contribution in [-0.4, -0.2) is 0 Å². The maximum Gasteiger partial charge on any atom is 0.0180 e. The largest absolute Gasteiger partial charge is 0.748 e. The minimum absolute atomic E-state index is 0. The molecule has 0 fully saturated rings. The summed E-state index contributed by atoms with van der Waals surface area (Å²) in [6.07, 6.45) is 7.03. The Morgan fingerprint density at radius 3 is 1.88 bits per heavy atom. The summed E-state index contributed by atoms with van der Waals surface area (Å²) in [5, 5.41) is 0. The normalized spacial score (nSPS) is 9.94. The van der Waals surface area contributed by atoms with Gasteiger partial charge >= 0.3 is 0 Å². The molecule has 0 nitrogen and oxygen atoms in total. The van der Waals surface area contributed by atoms with E-state index in [1.54, 1.807) is 6.08 Å². The van der Waals surface area contributed by atoms with Crippen LogP contribution in [0.5, 0.6) is 0 Å². The van der Waals surface area contributed by atoms with Crippen molar-refractivity contribution in [3.63, 3.8) is 0 Å². The van der Waals surface area contributed by atoms with Gasteiger partial charge in [-0.2, -0.15) is 12.1 Å². The summed E-state index contributed by atoms with van der Waals surface area (Å²) in [7, 11) is 0. The molecule has 1 atom stereocenters. The molecule has 88 valence electrons. The Kier molecular flexibility index (Phi) is 7.98. The van der Waals surface area contributed by atoms with Crippen LogP contribution in [-0.2, 0) is 17.1 Å². The summed E-state index contributed by atoms with van der Waals surface area (Å²) >= 11 is 0. The van der Waals surface area contributed by atoms with Gasteiger partial charge in [-0.05, 0) is 0 Å². The van der Waals surface area contributed by atoms with E-state index >= 15 is 0 Å². The second kappa shape index (κ2) is 8.80. The summed E-state index contributed by atoms with van der Waals surface area (Å²) < 4.78 is 0. The molecule has 1 heteroatoms. The molecule has 0 N–H and O–H groups in total. The van der Waals surface area contributed by atoms with E-state index in [0.717, 1.165) is 5.56 Å². The molecule has 0 aliphatic carbocycles. The zero-order chi connectivity index (χ0) is 10.9. The van der Waals surface area contributed by atoms with Crippen LogP contribution < -0.4 is 0 Å². The van der Waals surface area contributed by atoms with E-state index in [-0.39, 0.29) is 23.0 Å². The van der Waals surface area contributed by atoms with Crippen LogP contribution in [0.1, 0.15) is 11.5 Å². The molecule has 2 aromatic carbocycles. The van der Waals surface area contributed by atoms with Crippen LogP contribution in [0.2, 0.25) is 0 Å². The third-order valence-electron chi connectivity index (χ3n) is 2.02. The molecule has 1 unspecified atom stereocenters. The van der Waals surface area contributed by atoms with Crippen molar-refractivity contribution in [1.29, 1.82) is 0 Å². The molecule has 0 bridgehead atoms. The number of hydrogen-bond donors (Lipinski definition) is 0. The topological polar surface area (TPSA) is 0 Å². The SMILES string of the molecule is C#CC(C=C)[c-]1cccc1.[Fe].[cH-]1[cH-][cH-][cH-][cH-]1. The van der Waals surface area contributed by atoms with Crippen LogP contribution in [0, 0.1) is 12.3 Å². The second-order valence-corrected chi connectivity index (χ2v) is 3.06. The summed E-state index contributed by atoms with van der Waals surface area (Å²) in [5.41, 5.74) is 1.15. The number of terminal acetylenes is 1. The first kappa shape index (κ1) is 14.5. The maximum atomic E-state index is 5.25. The predicted octanol–water partition coefficient (Wildman–Crippen LogP) is 3.71. The first-order valence-electron chi connectivity index (χ1n) is 4.85. The van der Waals surface area contributed by atoms with Gasteiger partial charge in [-0.1, -0.05) is 6.08 Å². The molecule has 2 rings (SSSR count). The number of rotatable bonds is 2. The van der Waals surface area contributed by atoms with E-state index < -0.39 is 0 Å². The van der Waals surface area contributed by atoms with E-state index in [1.807, 2.05) is 54.6 Å². The van der Waals surface area contributed by atoms with Crippen LogP contribution in [0.15, 0.2) is 67.3 Å². The van der Waals surface area contributed by atoms with E-state index in [2.05, 4.69) is 12.5 Å². The average molecular weight is 250 g/mol. The van der Waals surface area contributed by atoms with Crippen molar-refractivity contribution < 1.29 is 17.1 Å². The first-order valence-corrected chi connectivity index (χ1v) is 4.85. The van der Waals surface area contributed by atoms with E-state index in [4.69, 9.17) is 6.42 Å². The van der Waals surface area contributed by atoms with Crippen LogP contribution in [0.3, 0.4) is 0 Å². The third-order valence-corrected chi connectivity index (χ3v) is 2.02. The molecule has 16 heavy (non-hydrogen) atoms. The van der Waals surface area contributed by atoms with Crippen LogP contribution in [0.4, 0.5) is 0 Å². The summed E-state index contributed by atoms with van der Waals surface area (Å²) in [6, 6.07) is 18.0. The van der Waals surface area contributed by atoms with Gasteiger partial charge in [0.25, 0.3) is 0 Å². The Labute approximate surface area is 108 Å². The monoisotopic (exact) mass is 250 g/mol. The Morgan fingerprint density at radius 2 is 1.56 bits per heavy atom. The number of allylic oxidation sites excluding steroid dienone is 1. The van der Waals surface area contributed by atoms with Gasteiger partial charge in [0.05, 0.1) is 0 Å². The summed E-state index contributed by atoms with van der Waals surface area (Å²) in [4.78, 5) is 0. The standard InChI is InChI=1S/C10H9.C5H5.Fe/c1-3-9(4-2)10-7-5-6-8-10;1-2-4-5-3-1;/h1,4-9H,2H2;1-5H;/q-1;-5;. The van der Waals surface area contributed by atoms with E-state index in [0.29, 0.717) is 0 Å². The van der Waals surface area contributed by atoms with Crippen molar-refractivity contribution in [3.05, 3.63) is 72.8 Å². The average Bonchev–Trinajstić information content (AvgIpc) is 2.96. The fourth-order valence-corrected chi connectivity index (χ4v) is 1.22. The zero-order valence-electron chi connectivity index (χ0n) is 8.99. The van der Waals surface area contributed by atoms with Gasteiger partial charge in [0.2, 0.25) is 0 Å². The minimum Gasteiger partial charge on any atom is -0.748 e. The van der Waals surface area contributed by atoms with Crippen LogP contribution in [0.25, 0.3) is 0 Å². The van der Waals surface area contributed by atoms with Crippen LogP contribution >= 0.6 is 0 Å². The van der Waals surface area contributed by atoms with Gasteiger partial charge in [0.15, 0.2) is 0 Å². The fraction of sp³-hybridized carbons (Fsp3) is 0.0667. The Bertz CT molecular complexity index is 370. The molecule has 0 amide bonds. The first-order chi connectivity index (χ1) is 7.38. The fourth-order valence-electron chi connectivity index (χ4n) is 1.22. The summed E-state index contributed by atoms with van der Waals surface area (Å²) in [6.45, 7) is 3.65.